The highest BCUT2D eigenvalue weighted by Crippen LogP contribution is 2.23. The number of nitrogens with zero attached hydrogens (tertiary/aromatic N) is 2. The van der Waals surface area contributed by atoms with Gasteiger partial charge in [0, 0.05) is 25.0 Å². The SMILES string of the molecule is C=CCN(CC=C)c1cc(CNC)c2ccccc2n1. The third-order valence-corrected chi connectivity index (χ3v) is 3.18. The van der Waals surface area contributed by atoms with Gasteiger partial charge in [-0.05, 0) is 24.7 Å². The molecule has 0 saturated heterocycles. The molecule has 0 fully saturated rings. The van der Waals surface area contributed by atoms with Crippen LogP contribution in [0.4, 0.5) is 5.82 Å². The van der Waals surface area contributed by atoms with Crippen LogP contribution in [0.5, 0.6) is 0 Å². The van der Waals surface area contributed by atoms with E-state index in [-0.39, 0.29) is 0 Å². The van der Waals surface area contributed by atoms with Crippen molar-refractivity contribution >= 4 is 16.7 Å². The number of benzene rings is 1. The van der Waals surface area contributed by atoms with Crippen molar-refractivity contribution in [2.24, 2.45) is 0 Å². The third-order valence-electron chi connectivity index (χ3n) is 3.18. The Kier molecular flexibility index (Phi) is 4.91. The number of rotatable bonds is 7. The molecular weight excluding hydrogens is 246 g/mol. The van der Waals surface area contributed by atoms with Gasteiger partial charge in [0.15, 0.2) is 0 Å². The lowest BCUT2D eigenvalue weighted by molar-refractivity contribution is 0.820. The largest absolute Gasteiger partial charge is 0.349 e. The first-order chi connectivity index (χ1) is 9.80. The molecule has 3 heteroatoms. The van der Waals surface area contributed by atoms with Crippen LogP contribution in [0, 0.1) is 0 Å². The first-order valence-electron chi connectivity index (χ1n) is 6.80. The zero-order chi connectivity index (χ0) is 14.4. The molecule has 1 N–H and O–H groups in total. The minimum atomic E-state index is 0.760. The predicted molar refractivity (Wildman–Crippen MR) is 87.1 cm³/mol. The van der Waals surface area contributed by atoms with Crippen LogP contribution in [0.15, 0.2) is 55.6 Å². The highest BCUT2D eigenvalue weighted by atomic mass is 15.2. The smallest absolute Gasteiger partial charge is 0.130 e. The Labute approximate surface area is 120 Å². The summed E-state index contributed by atoms with van der Waals surface area (Å²) in [6, 6.07) is 10.4. The van der Waals surface area contributed by atoms with Gasteiger partial charge in [-0.2, -0.15) is 0 Å². The second kappa shape index (κ2) is 6.87. The number of hydrogen-bond donors (Lipinski definition) is 1. The van der Waals surface area contributed by atoms with Crippen molar-refractivity contribution in [2.75, 3.05) is 25.0 Å². The molecule has 1 heterocycles. The first-order valence-corrected chi connectivity index (χ1v) is 6.80. The van der Waals surface area contributed by atoms with E-state index in [9.17, 15) is 0 Å². The average Bonchev–Trinajstić information content (AvgIpc) is 2.47. The van der Waals surface area contributed by atoms with Crippen molar-refractivity contribution in [1.82, 2.24) is 10.3 Å². The highest BCUT2D eigenvalue weighted by Gasteiger charge is 2.09. The van der Waals surface area contributed by atoms with Gasteiger partial charge in [0.25, 0.3) is 0 Å². The van der Waals surface area contributed by atoms with Gasteiger partial charge in [-0.25, -0.2) is 4.98 Å². The lowest BCUT2D eigenvalue weighted by Gasteiger charge is -2.22. The molecule has 0 aliphatic carbocycles. The van der Waals surface area contributed by atoms with Crippen LogP contribution in [-0.4, -0.2) is 25.1 Å². The molecule has 0 atom stereocenters. The maximum atomic E-state index is 4.76. The van der Waals surface area contributed by atoms with E-state index in [0.717, 1.165) is 31.0 Å². The minimum absolute atomic E-state index is 0.760. The summed E-state index contributed by atoms with van der Waals surface area (Å²) in [5.41, 5.74) is 2.28. The van der Waals surface area contributed by atoms with Crippen LogP contribution in [0.1, 0.15) is 5.56 Å². The fourth-order valence-electron chi connectivity index (χ4n) is 2.30. The van der Waals surface area contributed by atoms with Crippen molar-refractivity contribution in [1.29, 1.82) is 0 Å². The maximum Gasteiger partial charge on any atom is 0.130 e. The van der Waals surface area contributed by atoms with Crippen LogP contribution < -0.4 is 10.2 Å². The van der Waals surface area contributed by atoms with Crippen LogP contribution >= 0.6 is 0 Å². The number of anilines is 1. The molecule has 0 saturated carbocycles. The summed E-state index contributed by atoms with van der Waals surface area (Å²) in [5, 5.41) is 4.42. The van der Waals surface area contributed by atoms with E-state index in [1.54, 1.807) is 0 Å². The van der Waals surface area contributed by atoms with Crippen molar-refractivity contribution < 1.29 is 0 Å². The third kappa shape index (κ3) is 3.06. The van der Waals surface area contributed by atoms with Crippen LogP contribution in [0.3, 0.4) is 0 Å². The van der Waals surface area contributed by atoms with Gasteiger partial charge >= 0.3 is 0 Å². The summed E-state index contributed by atoms with van der Waals surface area (Å²) in [4.78, 5) is 6.92. The summed E-state index contributed by atoms with van der Waals surface area (Å²) in [6.45, 7) is 9.97. The lowest BCUT2D eigenvalue weighted by atomic mass is 10.1. The summed E-state index contributed by atoms with van der Waals surface area (Å²) >= 11 is 0. The molecule has 1 aromatic heterocycles. The van der Waals surface area contributed by atoms with E-state index in [1.807, 2.05) is 31.3 Å². The molecule has 0 aliphatic rings. The maximum absolute atomic E-state index is 4.76. The number of pyridine rings is 1. The van der Waals surface area contributed by atoms with Gasteiger partial charge in [-0.3, -0.25) is 0 Å². The molecule has 0 unspecified atom stereocenters. The van der Waals surface area contributed by atoms with E-state index in [2.05, 4.69) is 41.6 Å². The fraction of sp³-hybridized carbons (Fsp3) is 0.235. The highest BCUT2D eigenvalue weighted by molar-refractivity contribution is 5.84. The molecular formula is C17H21N3. The number of fused-ring (bicyclic) bond motifs is 1. The second-order valence-electron chi connectivity index (χ2n) is 4.67. The predicted octanol–water partition coefficient (Wildman–Crippen LogP) is 3.13. The monoisotopic (exact) mass is 267 g/mol. The summed E-state index contributed by atoms with van der Waals surface area (Å²) < 4.78 is 0. The Morgan fingerprint density at radius 1 is 1.20 bits per heavy atom. The molecule has 1 aromatic carbocycles. The normalized spacial score (nSPS) is 10.4. The lowest BCUT2D eigenvalue weighted by Crippen LogP contribution is -2.24. The topological polar surface area (TPSA) is 28.2 Å². The Morgan fingerprint density at radius 2 is 1.90 bits per heavy atom. The standard InChI is InChI=1S/C17H21N3/c1-4-10-20(11-5-2)17-12-14(13-18-3)15-8-6-7-9-16(15)19-17/h4-9,12,18H,1-2,10-11,13H2,3H3. The van der Waals surface area contributed by atoms with Gasteiger partial charge in [-0.1, -0.05) is 30.4 Å². The van der Waals surface area contributed by atoms with E-state index in [1.165, 1.54) is 10.9 Å². The Balaban J connectivity index is 2.52. The van der Waals surface area contributed by atoms with Crippen LogP contribution in [0.2, 0.25) is 0 Å². The zero-order valence-corrected chi connectivity index (χ0v) is 12.0. The van der Waals surface area contributed by atoms with Gasteiger partial charge < -0.3 is 10.2 Å². The van der Waals surface area contributed by atoms with E-state index >= 15 is 0 Å². The van der Waals surface area contributed by atoms with Crippen LogP contribution in [-0.2, 0) is 6.54 Å². The Bertz CT molecular complexity index is 594. The Morgan fingerprint density at radius 3 is 2.55 bits per heavy atom. The zero-order valence-electron chi connectivity index (χ0n) is 12.0. The molecule has 3 nitrogen and oxygen atoms in total. The molecule has 2 rings (SSSR count). The van der Waals surface area contributed by atoms with Gasteiger partial charge in [0.2, 0.25) is 0 Å². The van der Waals surface area contributed by atoms with Crippen LogP contribution in [0.25, 0.3) is 10.9 Å². The summed E-state index contributed by atoms with van der Waals surface area (Å²) in [6.07, 6.45) is 3.77. The average molecular weight is 267 g/mol. The second-order valence-corrected chi connectivity index (χ2v) is 4.67. The number of aromatic nitrogens is 1. The van der Waals surface area contributed by atoms with Gasteiger partial charge in [0.1, 0.15) is 5.82 Å². The van der Waals surface area contributed by atoms with Crippen molar-refractivity contribution in [3.63, 3.8) is 0 Å². The molecule has 0 aliphatic heterocycles. The van der Waals surface area contributed by atoms with Crippen molar-refractivity contribution in [3.05, 3.63) is 61.2 Å². The number of nitrogens with one attached hydrogen (secondary N) is 1. The molecule has 0 spiro atoms. The first kappa shape index (κ1) is 14.3. The molecule has 0 amide bonds. The molecule has 104 valence electrons. The van der Waals surface area contributed by atoms with Gasteiger partial charge in [0.05, 0.1) is 5.52 Å². The quantitative estimate of drug-likeness (QED) is 0.781. The molecule has 0 bridgehead atoms. The molecule has 2 aromatic rings. The van der Waals surface area contributed by atoms with Crippen molar-refractivity contribution in [3.8, 4) is 0 Å². The Hall–Kier alpha value is -2.13. The number of para-hydroxylation sites is 1. The summed E-state index contributed by atoms with van der Waals surface area (Å²) in [7, 11) is 1.96. The molecule has 0 radical (unpaired) electrons. The van der Waals surface area contributed by atoms with Crippen molar-refractivity contribution in [2.45, 2.75) is 6.54 Å². The fourth-order valence-corrected chi connectivity index (χ4v) is 2.30. The van der Waals surface area contributed by atoms with E-state index < -0.39 is 0 Å². The van der Waals surface area contributed by atoms with E-state index in [0.29, 0.717) is 0 Å². The van der Waals surface area contributed by atoms with E-state index in [4.69, 9.17) is 4.98 Å². The minimum Gasteiger partial charge on any atom is -0.349 e. The molecule has 20 heavy (non-hydrogen) atoms. The number of hydrogen-bond acceptors (Lipinski definition) is 3. The summed E-state index contributed by atoms with van der Waals surface area (Å²) in [5.74, 6) is 0.966. The van der Waals surface area contributed by atoms with Gasteiger partial charge in [-0.15, -0.1) is 13.2 Å².